The van der Waals surface area contributed by atoms with Crippen LogP contribution < -0.4 is 5.32 Å². The Balaban J connectivity index is 2.17. The van der Waals surface area contributed by atoms with Gasteiger partial charge < -0.3 is 10.4 Å². The van der Waals surface area contributed by atoms with Crippen LogP contribution >= 0.6 is 11.3 Å². The minimum absolute atomic E-state index is 0.351. The molecule has 0 amide bonds. The zero-order valence-electron chi connectivity index (χ0n) is 9.42. The molecule has 2 nitrogen and oxygen atoms in total. The molecular weight excluding hydrogens is 206 g/mol. The van der Waals surface area contributed by atoms with Gasteiger partial charge in [-0.2, -0.15) is 0 Å². The Bertz CT molecular complexity index is 326. The normalized spacial score (nSPS) is 26.2. The maximum atomic E-state index is 10.6. The smallest absolute Gasteiger partial charge is 0.1000 e. The molecule has 84 valence electrons. The SMILES string of the molecule is Cc1ccc(C(C)(O)C2CCCNC2)s1. The van der Waals surface area contributed by atoms with Crippen LogP contribution in [0.3, 0.4) is 0 Å². The first-order valence-corrected chi connectivity index (χ1v) is 6.42. The highest BCUT2D eigenvalue weighted by Crippen LogP contribution is 2.36. The fraction of sp³-hybridized carbons (Fsp3) is 0.667. The minimum atomic E-state index is -0.660. The highest BCUT2D eigenvalue weighted by atomic mass is 32.1. The van der Waals surface area contributed by atoms with Crippen LogP contribution in [0.4, 0.5) is 0 Å². The molecule has 1 aliphatic rings. The Morgan fingerprint density at radius 2 is 2.33 bits per heavy atom. The number of hydrogen-bond acceptors (Lipinski definition) is 3. The van der Waals surface area contributed by atoms with Gasteiger partial charge >= 0.3 is 0 Å². The average Bonchev–Trinajstić information content (AvgIpc) is 2.67. The summed E-state index contributed by atoms with van der Waals surface area (Å²) in [6.45, 7) is 6.07. The van der Waals surface area contributed by atoms with Gasteiger partial charge in [-0.05, 0) is 45.4 Å². The van der Waals surface area contributed by atoms with E-state index in [1.165, 1.54) is 11.3 Å². The highest BCUT2D eigenvalue weighted by molar-refractivity contribution is 7.12. The van der Waals surface area contributed by atoms with Gasteiger partial charge in [-0.15, -0.1) is 11.3 Å². The number of nitrogens with one attached hydrogen (secondary N) is 1. The van der Waals surface area contributed by atoms with Crippen molar-refractivity contribution in [1.82, 2.24) is 5.32 Å². The summed E-state index contributed by atoms with van der Waals surface area (Å²) in [5.74, 6) is 0.351. The zero-order valence-corrected chi connectivity index (χ0v) is 10.2. The van der Waals surface area contributed by atoms with Crippen molar-refractivity contribution in [3.63, 3.8) is 0 Å². The van der Waals surface area contributed by atoms with E-state index in [4.69, 9.17) is 0 Å². The number of piperidine rings is 1. The number of thiophene rings is 1. The van der Waals surface area contributed by atoms with Crippen molar-refractivity contribution in [3.8, 4) is 0 Å². The molecule has 2 N–H and O–H groups in total. The third-order valence-electron chi connectivity index (χ3n) is 3.33. The van der Waals surface area contributed by atoms with E-state index in [0.717, 1.165) is 24.4 Å². The summed E-state index contributed by atoms with van der Waals surface area (Å²) in [4.78, 5) is 2.38. The van der Waals surface area contributed by atoms with Crippen molar-refractivity contribution in [2.45, 2.75) is 32.3 Å². The highest BCUT2D eigenvalue weighted by Gasteiger charge is 2.35. The summed E-state index contributed by atoms with van der Waals surface area (Å²) in [6, 6.07) is 4.15. The fourth-order valence-electron chi connectivity index (χ4n) is 2.24. The first kappa shape index (κ1) is 11.1. The van der Waals surface area contributed by atoms with E-state index >= 15 is 0 Å². The summed E-state index contributed by atoms with van der Waals surface area (Å²) in [5.41, 5.74) is -0.660. The monoisotopic (exact) mass is 225 g/mol. The van der Waals surface area contributed by atoms with Crippen molar-refractivity contribution in [1.29, 1.82) is 0 Å². The first-order chi connectivity index (χ1) is 7.10. The third-order valence-corrected chi connectivity index (χ3v) is 4.56. The molecule has 2 rings (SSSR count). The Kier molecular flexibility index (Phi) is 3.14. The summed E-state index contributed by atoms with van der Waals surface area (Å²) >= 11 is 1.71. The largest absolute Gasteiger partial charge is 0.384 e. The van der Waals surface area contributed by atoms with Crippen LogP contribution in [0.25, 0.3) is 0 Å². The van der Waals surface area contributed by atoms with Gasteiger partial charge in [0.05, 0.1) is 5.60 Å². The molecule has 1 aromatic rings. The van der Waals surface area contributed by atoms with Crippen LogP contribution in [0.2, 0.25) is 0 Å². The molecular formula is C12H19NOS. The molecule has 1 fully saturated rings. The van der Waals surface area contributed by atoms with Gasteiger partial charge in [0.25, 0.3) is 0 Å². The van der Waals surface area contributed by atoms with Gasteiger partial charge in [0.15, 0.2) is 0 Å². The van der Waals surface area contributed by atoms with Gasteiger partial charge in [0.1, 0.15) is 0 Å². The maximum Gasteiger partial charge on any atom is 0.1000 e. The second-order valence-corrected chi connectivity index (χ2v) is 5.89. The second-order valence-electron chi connectivity index (χ2n) is 4.60. The van der Waals surface area contributed by atoms with E-state index in [2.05, 4.69) is 24.4 Å². The molecule has 1 saturated heterocycles. The molecule has 3 heteroatoms. The number of aryl methyl sites for hydroxylation is 1. The van der Waals surface area contributed by atoms with Crippen molar-refractivity contribution in [2.24, 2.45) is 5.92 Å². The molecule has 0 saturated carbocycles. The van der Waals surface area contributed by atoms with Gasteiger partial charge in [0.2, 0.25) is 0 Å². The molecule has 0 aliphatic carbocycles. The third kappa shape index (κ3) is 2.25. The average molecular weight is 225 g/mol. The fourth-order valence-corrected chi connectivity index (χ4v) is 3.23. The lowest BCUT2D eigenvalue weighted by Crippen LogP contribution is -2.41. The van der Waals surface area contributed by atoms with Crippen LogP contribution in [0.5, 0.6) is 0 Å². The molecule has 15 heavy (non-hydrogen) atoms. The van der Waals surface area contributed by atoms with Crippen LogP contribution in [0, 0.1) is 12.8 Å². The Labute approximate surface area is 95.3 Å². The number of hydrogen-bond donors (Lipinski definition) is 2. The maximum absolute atomic E-state index is 10.6. The predicted molar refractivity (Wildman–Crippen MR) is 64.2 cm³/mol. The summed E-state index contributed by atoms with van der Waals surface area (Å²) < 4.78 is 0. The Morgan fingerprint density at radius 3 is 2.87 bits per heavy atom. The van der Waals surface area contributed by atoms with Gasteiger partial charge in [-0.3, -0.25) is 0 Å². The summed E-state index contributed by atoms with van der Waals surface area (Å²) in [7, 11) is 0. The van der Waals surface area contributed by atoms with Crippen molar-refractivity contribution >= 4 is 11.3 Å². The molecule has 1 aromatic heterocycles. The topological polar surface area (TPSA) is 32.3 Å². The second kappa shape index (κ2) is 4.24. The molecule has 2 atom stereocenters. The summed E-state index contributed by atoms with van der Waals surface area (Å²) in [5, 5.41) is 14.0. The van der Waals surface area contributed by atoms with Gasteiger partial charge in [0, 0.05) is 22.2 Å². The first-order valence-electron chi connectivity index (χ1n) is 5.60. The van der Waals surface area contributed by atoms with Crippen LogP contribution in [-0.2, 0) is 5.60 Å². The minimum Gasteiger partial charge on any atom is -0.384 e. The molecule has 0 bridgehead atoms. The van der Waals surface area contributed by atoms with E-state index in [9.17, 15) is 5.11 Å². The predicted octanol–water partition coefficient (Wildman–Crippen LogP) is 2.26. The van der Waals surface area contributed by atoms with E-state index in [0.29, 0.717) is 5.92 Å². The van der Waals surface area contributed by atoms with E-state index in [1.54, 1.807) is 11.3 Å². The van der Waals surface area contributed by atoms with E-state index in [-0.39, 0.29) is 0 Å². The van der Waals surface area contributed by atoms with Crippen molar-refractivity contribution in [3.05, 3.63) is 21.9 Å². The zero-order chi connectivity index (χ0) is 10.9. The van der Waals surface area contributed by atoms with E-state index < -0.39 is 5.60 Å². The lowest BCUT2D eigenvalue weighted by molar-refractivity contribution is -0.0123. The molecule has 1 aliphatic heterocycles. The standard InChI is InChI=1S/C12H19NOS/c1-9-5-6-11(15-9)12(2,14)10-4-3-7-13-8-10/h5-6,10,13-14H,3-4,7-8H2,1-2H3. The van der Waals surface area contributed by atoms with Crippen molar-refractivity contribution in [2.75, 3.05) is 13.1 Å². The lowest BCUT2D eigenvalue weighted by Gasteiger charge is -2.35. The molecule has 0 radical (unpaired) electrons. The van der Waals surface area contributed by atoms with Gasteiger partial charge in [-0.1, -0.05) is 0 Å². The number of rotatable bonds is 2. The summed E-state index contributed by atoms with van der Waals surface area (Å²) in [6.07, 6.45) is 2.29. The number of aliphatic hydroxyl groups is 1. The molecule has 2 unspecified atom stereocenters. The lowest BCUT2D eigenvalue weighted by atomic mass is 9.82. The van der Waals surface area contributed by atoms with Crippen LogP contribution in [0.1, 0.15) is 29.5 Å². The van der Waals surface area contributed by atoms with Crippen molar-refractivity contribution < 1.29 is 5.11 Å². The molecule has 0 spiro atoms. The van der Waals surface area contributed by atoms with Crippen LogP contribution in [0.15, 0.2) is 12.1 Å². The Morgan fingerprint density at radius 1 is 1.53 bits per heavy atom. The van der Waals surface area contributed by atoms with Crippen LogP contribution in [-0.4, -0.2) is 18.2 Å². The van der Waals surface area contributed by atoms with Gasteiger partial charge in [-0.25, -0.2) is 0 Å². The molecule has 0 aromatic carbocycles. The Hall–Kier alpha value is -0.380. The quantitative estimate of drug-likeness (QED) is 0.809. The van der Waals surface area contributed by atoms with E-state index in [1.807, 2.05) is 6.92 Å². The molecule has 2 heterocycles.